The molecule has 1 atom stereocenters. The number of rotatable bonds is 3. The van der Waals surface area contributed by atoms with Crippen molar-refractivity contribution < 1.29 is 9.53 Å². The maximum atomic E-state index is 12.4. The van der Waals surface area contributed by atoms with Crippen molar-refractivity contribution in [2.24, 2.45) is 0 Å². The van der Waals surface area contributed by atoms with E-state index in [1.165, 1.54) is 0 Å². The molecule has 0 spiro atoms. The van der Waals surface area contributed by atoms with Crippen molar-refractivity contribution in [3.05, 3.63) is 60.1 Å². The van der Waals surface area contributed by atoms with Crippen LogP contribution < -0.4 is 10.1 Å². The third kappa shape index (κ3) is 2.59. The average Bonchev–Trinajstić information content (AvgIpc) is 3.14. The highest BCUT2D eigenvalue weighted by Gasteiger charge is 2.26. The Morgan fingerprint density at radius 3 is 3.22 bits per heavy atom. The second kappa shape index (κ2) is 5.50. The topological polar surface area (TPSA) is 44.8 Å². The van der Waals surface area contributed by atoms with E-state index in [9.17, 15) is 4.79 Å². The van der Waals surface area contributed by atoms with Crippen LogP contribution in [0.1, 0.15) is 12.0 Å². The van der Waals surface area contributed by atoms with Crippen LogP contribution in [0.3, 0.4) is 0 Å². The first-order valence-corrected chi connectivity index (χ1v) is 7.82. The number of nitrogens with one attached hydrogen (secondary N) is 1. The Balaban J connectivity index is 1.43. The molecule has 3 heterocycles. The molecular formula is C18H19N3O2. The van der Waals surface area contributed by atoms with E-state index in [1.807, 2.05) is 49.8 Å². The van der Waals surface area contributed by atoms with Crippen LogP contribution in [-0.4, -0.2) is 35.5 Å². The lowest BCUT2D eigenvalue weighted by Crippen LogP contribution is -2.36. The predicted molar refractivity (Wildman–Crippen MR) is 88.6 cm³/mol. The second-order valence-electron chi connectivity index (χ2n) is 5.97. The van der Waals surface area contributed by atoms with E-state index in [4.69, 9.17) is 4.74 Å². The van der Waals surface area contributed by atoms with Crippen LogP contribution in [0.15, 0.2) is 54.5 Å². The number of ether oxygens (including phenoxy) is 1. The van der Waals surface area contributed by atoms with Crippen LogP contribution in [0.4, 0.5) is 5.69 Å². The standard InChI is InChI=1S/C18H19N3O2/c1-20-8-9-21-15(3-2-4-18(20)21)12-17(22)19-14-5-6-16-13(11-14)7-10-23-16/h2-6,8-9,11,18H,7,10,12H2,1H3,(H,19,22). The average molecular weight is 309 g/mol. The first kappa shape index (κ1) is 13.9. The molecule has 1 aromatic rings. The van der Waals surface area contributed by atoms with Gasteiger partial charge in [0.2, 0.25) is 5.91 Å². The molecule has 118 valence electrons. The van der Waals surface area contributed by atoms with E-state index in [2.05, 4.69) is 21.2 Å². The van der Waals surface area contributed by atoms with Gasteiger partial charge in [0.1, 0.15) is 11.9 Å². The van der Waals surface area contributed by atoms with Crippen LogP contribution in [-0.2, 0) is 11.2 Å². The Morgan fingerprint density at radius 2 is 2.30 bits per heavy atom. The van der Waals surface area contributed by atoms with Gasteiger partial charge in [0, 0.05) is 37.3 Å². The molecule has 5 heteroatoms. The highest BCUT2D eigenvalue weighted by atomic mass is 16.5. The summed E-state index contributed by atoms with van der Waals surface area (Å²) in [5.41, 5.74) is 2.99. The molecule has 0 bridgehead atoms. The molecule has 1 aromatic carbocycles. The van der Waals surface area contributed by atoms with E-state index >= 15 is 0 Å². The number of benzene rings is 1. The van der Waals surface area contributed by atoms with Crippen LogP contribution in [0.5, 0.6) is 5.75 Å². The van der Waals surface area contributed by atoms with Crippen molar-refractivity contribution >= 4 is 11.6 Å². The van der Waals surface area contributed by atoms with E-state index in [1.54, 1.807) is 0 Å². The number of carbonyl (C=O) groups is 1. The number of allylic oxidation sites excluding steroid dienone is 2. The van der Waals surface area contributed by atoms with Crippen molar-refractivity contribution in [1.29, 1.82) is 0 Å². The van der Waals surface area contributed by atoms with Crippen molar-refractivity contribution in [1.82, 2.24) is 9.80 Å². The molecule has 1 unspecified atom stereocenters. The summed E-state index contributed by atoms with van der Waals surface area (Å²) < 4.78 is 5.49. The molecule has 0 aromatic heterocycles. The van der Waals surface area contributed by atoms with Crippen molar-refractivity contribution in [2.75, 3.05) is 19.0 Å². The summed E-state index contributed by atoms with van der Waals surface area (Å²) in [4.78, 5) is 16.6. The largest absolute Gasteiger partial charge is 0.493 e. The van der Waals surface area contributed by atoms with Crippen molar-refractivity contribution in [2.45, 2.75) is 19.0 Å². The van der Waals surface area contributed by atoms with Gasteiger partial charge >= 0.3 is 0 Å². The van der Waals surface area contributed by atoms with E-state index in [-0.39, 0.29) is 12.1 Å². The maximum Gasteiger partial charge on any atom is 0.230 e. The predicted octanol–water partition coefficient (Wildman–Crippen LogP) is 2.45. The fourth-order valence-electron chi connectivity index (χ4n) is 3.18. The Hall–Kier alpha value is -2.69. The van der Waals surface area contributed by atoms with Crippen LogP contribution in [0.2, 0.25) is 0 Å². The number of anilines is 1. The third-order valence-corrected chi connectivity index (χ3v) is 4.38. The molecule has 0 fully saturated rings. The molecule has 3 aliphatic heterocycles. The molecule has 0 radical (unpaired) electrons. The monoisotopic (exact) mass is 309 g/mol. The van der Waals surface area contributed by atoms with Crippen molar-refractivity contribution in [3.8, 4) is 5.75 Å². The van der Waals surface area contributed by atoms with Crippen LogP contribution in [0, 0.1) is 0 Å². The molecule has 0 saturated carbocycles. The minimum absolute atomic E-state index is 0.00730. The molecule has 1 N–H and O–H groups in total. The van der Waals surface area contributed by atoms with Gasteiger partial charge in [0.05, 0.1) is 13.0 Å². The normalized spacial score (nSPS) is 20.9. The SMILES string of the molecule is CN1C=CN2C(CC(=O)Nc3ccc4c(c3)CCO4)=CC=CC12. The third-order valence-electron chi connectivity index (χ3n) is 4.38. The minimum atomic E-state index is -0.00730. The summed E-state index contributed by atoms with van der Waals surface area (Å²) in [6.45, 7) is 0.724. The number of carbonyl (C=O) groups excluding carboxylic acids is 1. The number of likely N-dealkylation sites (N-methyl/N-ethyl adjacent to an activating group) is 1. The zero-order chi connectivity index (χ0) is 15.8. The number of amides is 1. The quantitative estimate of drug-likeness (QED) is 0.931. The van der Waals surface area contributed by atoms with Gasteiger partial charge < -0.3 is 19.9 Å². The van der Waals surface area contributed by atoms with Gasteiger partial charge in [-0.05, 0) is 35.9 Å². The van der Waals surface area contributed by atoms with Crippen LogP contribution in [0.25, 0.3) is 0 Å². The Labute approximate surface area is 135 Å². The first-order chi connectivity index (χ1) is 11.2. The Morgan fingerprint density at radius 1 is 1.39 bits per heavy atom. The molecule has 1 amide bonds. The molecule has 3 aliphatic rings. The molecule has 5 nitrogen and oxygen atoms in total. The molecule has 0 saturated heterocycles. The van der Waals surface area contributed by atoms with E-state index < -0.39 is 0 Å². The Kier molecular flexibility index (Phi) is 3.33. The lowest BCUT2D eigenvalue weighted by atomic mass is 10.1. The van der Waals surface area contributed by atoms with Gasteiger partial charge in [-0.1, -0.05) is 6.08 Å². The number of nitrogens with zero attached hydrogens (tertiary/aromatic N) is 2. The van der Waals surface area contributed by atoms with Gasteiger partial charge in [0.25, 0.3) is 0 Å². The zero-order valence-electron chi connectivity index (χ0n) is 13.0. The first-order valence-electron chi connectivity index (χ1n) is 7.82. The molecule has 23 heavy (non-hydrogen) atoms. The molecular weight excluding hydrogens is 290 g/mol. The summed E-state index contributed by atoms with van der Waals surface area (Å²) >= 11 is 0. The lowest BCUT2D eigenvalue weighted by molar-refractivity contribution is -0.115. The van der Waals surface area contributed by atoms with E-state index in [0.717, 1.165) is 35.7 Å². The summed E-state index contributed by atoms with van der Waals surface area (Å²) in [6, 6.07) is 5.82. The summed E-state index contributed by atoms with van der Waals surface area (Å²) in [5.74, 6) is 0.920. The highest BCUT2D eigenvalue weighted by molar-refractivity contribution is 5.92. The van der Waals surface area contributed by atoms with E-state index in [0.29, 0.717) is 6.42 Å². The van der Waals surface area contributed by atoms with Gasteiger partial charge in [-0.3, -0.25) is 4.79 Å². The van der Waals surface area contributed by atoms with Gasteiger partial charge in [0.15, 0.2) is 0 Å². The fourth-order valence-corrected chi connectivity index (χ4v) is 3.18. The zero-order valence-corrected chi connectivity index (χ0v) is 13.0. The second-order valence-corrected chi connectivity index (χ2v) is 5.97. The van der Waals surface area contributed by atoms with Crippen LogP contribution >= 0.6 is 0 Å². The minimum Gasteiger partial charge on any atom is -0.493 e. The number of fused-ring (bicyclic) bond motifs is 2. The maximum absolute atomic E-state index is 12.4. The summed E-state index contributed by atoms with van der Waals surface area (Å²) in [5, 5.41) is 2.99. The summed E-state index contributed by atoms with van der Waals surface area (Å²) in [7, 11) is 2.03. The summed E-state index contributed by atoms with van der Waals surface area (Å²) in [6.07, 6.45) is 11.6. The van der Waals surface area contributed by atoms with Gasteiger partial charge in [-0.15, -0.1) is 0 Å². The smallest absolute Gasteiger partial charge is 0.230 e. The van der Waals surface area contributed by atoms with Crippen molar-refractivity contribution in [3.63, 3.8) is 0 Å². The van der Waals surface area contributed by atoms with Gasteiger partial charge in [-0.25, -0.2) is 0 Å². The molecule has 4 rings (SSSR count). The number of hydrogen-bond donors (Lipinski definition) is 1. The molecule has 0 aliphatic carbocycles. The Bertz CT molecular complexity index is 736. The lowest BCUT2D eigenvalue weighted by Gasteiger charge is -2.31. The highest BCUT2D eigenvalue weighted by Crippen LogP contribution is 2.29. The number of hydrogen-bond acceptors (Lipinski definition) is 4. The van der Waals surface area contributed by atoms with Gasteiger partial charge in [-0.2, -0.15) is 0 Å². The fraction of sp³-hybridized carbons (Fsp3) is 0.278.